The molecule has 0 amide bonds. The van der Waals surface area contributed by atoms with E-state index in [2.05, 4.69) is 29.1 Å². The molecule has 2 aromatic carbocycles. The van der Waals surface area contributed by atoms with E-state index in [1.807, 2.05) is 42.5 Å². The molecule has 146 valence electrons. The van der Waals surface area contributed by atoms with Crippen LogP contribution in [0, 0.1) is 0 Å². The number of nitrogen functional groups attached to an aromatic ring is 1. The van der Waals surface area contributed by atoms with Crippen molar-refractivity contribution in [3.63, 3.8) is 0 Å². The van der Waals surface area contributed by atoms with Crippen LogP contribution < -0.4 is 20.5 Å². The summed E-state index contributed by atoms with van der Waals surface area (Å²) in [4.78, 5) is 8.61. The Labute approximate surface area is 165 Å². The molecule has 0 bridgehead atoms. The summed E-state index contributed by atoms with van der Waals surface area (Å²) in [6.45, 7) is 4.32. The number of nitrogens with one attached hydrogen (secondary N) is 1. The number of methoxy groups -OCH3 is 2. The number of benzene rings is 2. The number of ether oxygens (including phenoxy) is 2. The highest BCUT2D eigenvalue weighted by atomic mass is 16.5. The van der Waals surface area contributed by atoms with Gasteiger partial charge in [0.1, 0.15) is 5.82 Å². The molecule has 0 unspecified atom stereocenters. The van der Waals surface area contributed by atoms with Gasteiger partial charge in [0.25, 0.3) is 0 Å². The normalized spacial score (nSPS) is 10.8. The maximum absolute atomic E-state index is 5.84. The first-order valence-corrected chi connectivity index (χ1v) is 9.20. The number of rotatable bonds is 7. The Kier molecular flexibility index (Phi) is 5.99. The Morgan fingerprint density at radius 1 is 1.00 bits per heavy atom. The number of hydrogen-bond donors (Lipinski definition) is 2. The van der Waals surface area contributed by atoms with E-state index in [4.69, 9.17) is 15.2 Å². The van der Waals surface area contributed by atoms with Crippen molar-refractivity contribution in [3.05, 3.63) is 65.4 Å². The Bertz CT molecular complexity index is 943. The lowest BCUT2D eigenvalue weighted by Crippen LogP contribution is -2.07. The van der Waals surface area contributed by atoms with Crippen LogP contribution in [0.2, 0.25) is 0 Å². The van der Waals surface area contributed by atoms with Gasteiger partial charge in [-0.05, 0) is 41.3 Å². The van der Waals surface area contributed by atoms with Gasteiger partial charge >= 0.3 is 0 Å². The smallest absolute Gasteiger partial charge is 0.221 e. The van der Waals surface area contributed by atoms with Crippen LogP contribution in [0.25, 0.3) is 0 Å². The largest absolute Gasteiger partial charge is 0.493 e. The minimum Gasteiger partial charge on any atom is -0.493 e. The summed E-state index contributed by atoms with van der Waals surface area (Å²) in [7, 11) is 3.29. The summed E-state index contributed by atoms with van der Waals surface area (Å²) in [5, 5.41) is 3.35. The molecule has 0 atom stereocenters. The van der Waals surface area contributed by atoms with Crippen LogP contribution in [0.15, 0.2) is 48.7 Å². The highest BCUT2D eigenvalue weighted by Crippen LogP contribution is 2.35. The first-order chi connectivity index (χ1) is 13.5. The molecule has 0 saturated heterocycles. The molecule has 0 spiro atoms. The van der Waals surface area contributed by atoms with Crippen molar-refractivity contribution < 1.29 is 9.47 Å². The first-order valence-electron chi connectivity index (χ1n) is 9.20. The van der Waals surface area contributed by atoms with Gasteiger partial charge in [-0.1, -0.05) is 32.0 Å². The van der Waals surface area contributed by atoms with E-state index >= 15 is 0 Å². The molecular formula is C22H26N4O2. The standard InChI is InChI=1S/C22H26N4O2/c1-14(2)18-12-20(28-4)19(27-3)11-15(18)10-16-13-24-22(23)26-21(16)25-17-8-6-5-7-9-17/h5-9,11-14H,10H2,1-4H3,(H3,23,24,25,26). The van der Waals surface area contributed by atoms with Gasteiger partial charge in [0.2, 0.25) is 5.95 Å². The lowest BCUT2D eigenvalue weighted by Gasteiger charge is -2.18. The second-order valence-corrected chi connectivity index (χ2v) is 6.83. The number of aromatic nitrogens is 2. The second-order valence-electron chi connectivity index (χ2n) is 6.83. The van der Waals surface area contributed by atoms with Gasteiger partial charge in [-0.3, -0.25) is 0 Å². The van der Waals surface area contributed by atoms with Crippen molar-refractivity contribution in [2.75, 3.05) is 25.3 Å². The minimum absolute atomic E-state index is 0.235. The summed E-state index contributed by atoms with van der Waals surface area (Å²) >= 11 is 0. The molecule has 0 saturated carbocycles. The van der Waals surface area contributed by atoms with Gasteiger partial charge in [0, 0.05) is 23.9 Å². The van der Waals surface area contributed by atoms with Crippen molar-refractivity contribution in [1.82, 2.24) is 9.97 Å². The maximum Gasteiger partial charge on any atom is 0.221 e. The summed E-state index contributed by atoms with van der Waals surface area (Å²) < 4.78 is 11.0. The van der Waals surface area contributed by atoms with Crippen LogP contribution in [0.3, 0.4) is 0 Å². The predicted molar refractivity (Wildman–Crippen MR) is 113 cm³/mol. The van der Waals surface area contributed by atoms with Crippen molar-refractivity contribution >= 4 is 17.5 Å². The fourth-order valence-electron chi connectivity index (χ4n) is 3.15. The highest BCUT2D eigenvalue weighted by Gasteiger charge is 2.16. The molecule has 1 heterocycles. The van der Waals surface area contributed by atoms with Gasteiger partial charge in [-0.15, -0.1) is 0 Å². The van der Waals surface area contributed by atoms with Gasteiger partial charge in [-0.25, -0.2) is 4.98 Å². The summed E-state index contributed by atoms with van der Waals surface area (Å²) in [5.74, 6) is 2.69. The fraction of sp³-hybridized carbons (Fsp3) is 0.273. The highest BCUT2D eigenvalue weighted by molar-refractivity contribution is 5.61. The van der Waals surface area contributed by atoms with E-state index in [0.717, 1.165) is 22.6 Å². The van der Waals surface area contributed by atoms with Crippen LogP contribution in [0.1, 0.15) is 36.5 Å². The van der Waals surface area contributed by atoms with Gasteiger partial charge < -0.3 is 20.5 Å². The third-order valence-electron chi connectivity index (χ3n) is 4.57. The Balaban J connectivity index is 2.01. The molecule has 6 heteroatoms. The van der Waals surface area contributed by atoms with Crippen LogP contribution in [0.5, 0.6) is 11.5 Å². The van der Waals surface area contributed by atoms with E-state index < -0.39 is 0 Å². The van der Waals surface area contributed by atoms with Gasteiger partial charge in [0.15, 0.2) is 11.5 Å². The quantitative estimate of drug-likeness (QED) is 0.628. The third kappa shape index (κ3) is 4.34. The molecule has 0 aliphatic rings. The lowest BCUT2D eigenvalue weighted by atomic mass is 9.92. The summed E-state index contributed by atoms with van der Waals surface area (Å²) in [6, 6.07) is 13.9. The molecule has 0 aliphatic heterocycles. The topological polar surface area (TPSA) is 82.3 Å². The average Bonchev–Trinajstić information content (AvgIpc) is 2.70. The summed E-state index contributed by atoms with van der Waals surface area (Å²) in [5.41, 5.74) is 10.1. The molecule has 28 heavy (non-hydrogen) atoms. The molecule has 3 rings (SSSR count). The van der Waals surface area contributed by atoms with E-state index in [1.54, 1.807) is 20.4 Å². The maximum atomic E-state index is 5.84. The fourth-order valence-corrected chi connectivity index (χ4v) is 3.15. The van der Waals surface area contributed by atoms with Crippen LogP contribution in [0.4, 0.5) is 17.5 Å². The number of anilines is 3. The molecule has 0 radical (unpaired) electrons. The zero-order valence-corrected chi connectivity index (χ0v) is 16.7. The zero-order chi connectivity index (χ0) is 20.1. The van der Waals surface area contributed by atoms with Crippen molar-refractivity contribution in [2.45, 2.75) is 26.2 Å². The van der Waals surface area contributed by atoms with Crippen molar-refractivity contribution in [3.8, 4) is 11.5 Å². The number of nitrogens with zero attached hydrogens (tertiary/aromatic N) is 2. The number of hydrogen-bond acceptors (Lipinski definition) is 6. The van der Waals surface area contributed by atoms with E-state index in [0.29, 0.717) is 23.9 Å². The lowest BCUT2D eigenvalue weighted by molar-refractivity contribution is 0.354. The van der Waals surface area contributed by atoms with E-state index in [9.17, 15) is 0 Å². The Morgan fingerprint density at radius 2 is 1.68 bits per heavy atom. The van der Waals surface area contributed by atoms with E-state index in [-0.39, 0.29) is 5.95 Å². The molecule has 1 aromatic heterocycles. The molecule has 0 aliphatic carbocycles. The first kappa shape index (κ1) is 19.5. The van der Waals surface area contributed by atoms with Crippen molar-refractivity contribution in [1.29, 1.82) is 0 Å². The second kappa shape index (κ2) is 8.61. The predicted octanol–water partition coefficient (Wildman–Crippen LogP) is 4.53. The van der Waals surface area contributed by atoms with Crippen molar-refractivity contribution in [2.24, 2.45) is 0 Å². The Hall–Kier alpha value is -3.28. The number of nitrogens with two attached hydrogens (primary N) is 1. The number of para-hydroxylation sites is 1. The van der Waals surface area contributed by atoms with Crippen LogP contribution in [-0.4, -0.2) is 24.2 Å². The van der Waals surface area contributed by atoms with Gasteiger partial charge in [0.05, 0.1) is 14.2 Å². The molecule has 6 nitrogen and oxygen atoms in total. The van der Waals surface area contributed by atoms with E-state index in [1.165, 1.54) is 5.56 Å². The third-order valence-corrected chi connectivity index (χ3v) is 4.57. The minimum atomic E-state index is 0.235. The molecule has 0 fully saturated rings. The monoisotopic (exact) mass is 378 g/mol. The average molecular weight is 378 g/mol. The molecular weight excluding hydrogens is 352 g/mol. The summed E-state index contributed by atoms with van der Waals surface area (Å²) in [6.07, 6.45) is 2.41. The zero-order valence-electron chi connectivity index (χ0n) is 16.7. The van der Waals surface area contributed by atoms with Gasteiger partial charge in [-0.2, -0.15) is 4.98 Å². The van der Waals surface area contributed by atoms with Crippen LogP contribution >= 0.6 is 0 Å². The van der Waals surface area contributed by atoms with Crippen LogP contribution in [-0.2, 0) is 6.42 Å². The SMILES string of the molecule is COc1cc(Cc2cnc(N)nc2Nc2ccccc2)c(C(C)C)cc1OC. The Morgan fingerprint density at radius 3 is 2.32 bits per heavy atom. The molecule has 3 N–H and O–H groups in total. The molecule has 3 aromatic rings.